The normalized spacial score (nSPS) is 12.0. The third-order valence-corrected chi connectivity index (χ3v) is 4.03. The number of anilines is 1. The molecule has 146 valence electrons. The Balaban J connectivity index is 1.90. The van der Waals surface area contributed by atoms with Crippen LogP contribution in [-0.4, -0.2) is 34.4 Å². The van der Waals surface area contributed by atoms with Crippen LogP contribution in [0.3, 0.4) is 0 Å². The number of rotatable bonds is 7. The second-order valence-corrected chi connectivity index (χ2v) is 6.89. The molecular weight excluding hydrogens is 346 g/mol. The highest BCUT2D eigenvalue weighted by atomic mass is 16.6. The van der Waals surface area contributed by atoms with Crippen LogP contribution in [0, 0.1) is 20.8 Å². The Kier molecular flexibility index (Phi) is 6.60. The minimum atomic E-state index is -0.947. The first-order chi connectivity index (χ1) is 12.7. The van der Waals surface area contributed by atoms with Gasteiger partial charge < -0.3 is 14.8 Å². The monoisotopic (exact) mass is 373 g/mol. The van der Waals surface area contributed by atoms with E-state index in [1.54, 1.807) is 16.9 Å². The van der Waals surface area contributed by atoms with Gasteiger partial charge in [-0.3, -0.25) is 4.79 Å². The molecule has 0 saturated heterocycles. The van der Waals surface area contributed by atoms with E-state index in [1.807, 2.05) is 46.8 Å². The van der Waals surface area contributed by atoms with E-state index < -0.39 is 18.0 Å². The van der Waals surface area contributed by atoms with Gasteiger partial charge >= 0.3 is 5.97 Å². The molecule has 0 radical (unpaired) electrons. The van der Waals surface area contributed by atoms with Gasteiger partial charge in [0.1, 0.15) is 11.6 Å². The van der Waals surface area contributed by atoms with Gasteiger partial charge in [0.25, 0.3) is 5.91 Å². The van der Waals surface area contributed by atoms with E-state index in [2.05, 4.69) is 10.4 Å². The van der Waals surface area contributed by atoms with E-state index in [9.17, 15) is 9.59 Å². The van der Waals surface area contributed by atoms with Crippen LogP contribution in [0.5, 0.6) is 5.75 Å². The summed E-state index contributed by atoms with van der Waals surface area (Å²) in [5.74, 6) is 0.193. The number of carbonyl (C=O) groups is 2. The van der Waals surface area contributed by atoms with Gasteiger partial charge in [-0.05, 0) is 52.7 Å². The highest BCUT2D eigenvalue weighted by Gasteiger charge is 2.20. The molecule has 0 aliphatic heterocycles. The van der Waals surface area contributed by atoms with Crippen molar-refractivity contribution >= 4 is 17.7 Å². The average Bonchev–Trinajstić information content (AvgIpc) is 3.02. The molecule has 27 heavy (non-hydrogen) atoms. The summed E-state index contributed by atoms with van der Waals surface area (Å²) in [6.45, 7) is 11.0. The summed E-state index contributed by atoms with van der Waals surface area (Å²) in [7, 11) is 0. The smallest absolute Gasteiger partial charge is 0.344 e. The third kappa shape index (κ3) is 5.32. The molecule has 7 nitrogen and oxygen atoms in total. The SMILES string of the molecule is Cc1cc(C)c(OCC(=O)O[C@@H](C)C(=O)Nc2ccnn2C(C)C)c(C)c1. The van der Waals surface area contributed by atoms with Gasteiger partial charge in [-0.2, -0.15) is 5.10 Å². The molecule has 1 atom stereocenters. The van der Waals surface area contributed by atoms with Gasteiger partial charge in [0.2, 0.25) is 0 Å². The summed E-state index contributed by atoms with van der Waals surface area (Å²) >= 11 is 0. The number of hydrogen-bond acceptors (Lipinski definition) is 5. The molecule has 2 rings (SSSR count). The standard InChI is InChI=1S/C20H27N3O4/c1-12(2)23-17(7-8-21-23)22-20(25)16(6)27-18(24)11-26-19-14(4)9-13(3)10-15(19)5/h7-10,12,16H,11H2,1-6H3,(H,22,25)/t16-/m0/s1. The topological polar surface area (TPSA) is 82.4 Å². The highest BCUT2D eigenvalue weighted by molar-refractivity contribution is 5.94. The first kappa shape index (κ1) is 20.5. The molecular formula is C20H27N3O4. The lowest BCUT2D eigenvalue weighted by Crippen LogP contribution is -2.32. The number of esters is 1. The number of aromatic nitrogens is 2. The molecule has 1 amide bonds. The lowest BCUT2D eigenvalue weighted by molar-refractivity contribution is -0.155. The summed E-state index contributed by atoms with van der Waals surface area (Å²) in [4.78, 5) is 24.3. The molecule has 1 aromatic carbocycles. The first-order valence-corrected chi connectivity index (χ1v) is 8.93. The van der Waals surface area contributed by atoms with Crippen molar-refractivity contribution in [2.45, 2.75) is 53.7 Å². The van der Waals surface area contributed by atoms with E-state index in [0.717, 1.165) is 16.7 Å². The zero-order valence-electron chi connectivity index (χ0n) is 16.7. The zero-order chi connectivity index (χ0) is 20.1. The minimum Gasteiger partial charge on any atom is -0.481 e. The van der Waals surface area contributed by atoms with Crippen LogP contribution in [-0.2, 0) is 14.3 Å². The van der Waals surface area contributed by atoms with Crippen LogP contribution in [0.25, 0.3) is 0 Å². The van der Waals surface area contributed by atoms with Gasteiger partial charge in [0, 0.05) is 12.1 Å². The van der Waals surface area contributed by atoms with Crippen LogP contribution in [0.15, 0.2) is 24.4 Å². The van der Waals surface area contributed by atoms with Crippen LogP contribution in [0.1, 0.15) is 43.5 Å². The first-order valence-electron chi connectivity index (χ1n) is 8.93. The molecule has 0 bridgehead atoms. The van der Waals surface area contributed by atoms with Crippen LogP contribution in [0.4, 0.5) is 5.82 Å². The van der Waals surface area contributed by atoms with Crippen molar-refractivity contribution in [3.05, 3.63) is 41.1 Å². The maximum Gasteiger partial charge on any atom is 0.344 e. The van der Waals surface area contributed by atoms with Crippen molar-refractivity contribution in [1.29, 1.82) is 0 Å². The molecule has 0 unspecified atom stereocenters. The van der Waals surface area contributed by atoms with Crippen molar-refractivity contribution < 1.29 is 19.1 Å². The van der Waals surface area contributed by atoms with Crippen molar-refractivity contribution in [2.75, 3.05) is 11.9 Å². The van der Waals surface area contributed by atoms with E-state index in [1.165, 1.54) is 6.92 Å². The van der Waals surface area contributed by atoms with Gasteiger partial charge in [-0.15, -0.1) is 0 Å². The Morgan fingerprint density at radius 1 is 1.15 bits per heavy atom. The fraction of sp³-hybridized carbons (Fsp3) is 0.450. The number of amides is 1. The van der Waals surface area contributed by atoms with Gasteiger partial charge in [0.15, 0.2) is 12.7 Å². The molecule has 1 aromatic heterocycles. The van der Waals surface area contributed by atoms with E-state index in [4.69, 9.17) is 9.47 Å². The summed E-state index contributed by atoms with van der Waals surface area (Å²) in [6, 6.07) is 5.77. The fourth-order valence-corrected chi connectivity index (χ4v) is 2.86. The molecule has 1 heterocycles. The van der Waals surface area contributed by atoms with Crippen molar-refractivity contribution in [3.8, 4) is 5.75 Å². The maximum absolute atomic E-state index is 12.3. The van der Waals surface area contributed by atoms with Gasteiger partial charge in [-0.25, -0.2) is 9.48 Å². The van der Waals surface area contributed by atoms with Crippen LogP contribution in [0.2, 0.25) is 0 Å². The Bertz CT molecular complexity index is 803. The Labute approximate surface area is 159 Å². The Morgan fingerprint density at radius 3 is 2.37 bits per heavy atom. The number of benzene rings is 1. The predicted octanol–water partition coefficient (Wildman–Crippen LogP) is 3.34. The molecule has 2 aromatic rings. The average molecular weight is 373 g/mol. The molecule has 0 saturated carbocycles. The zero-order valence-corrected chi connectivity index (χ0v) is 16.7. The second kappa shape index (κ2) is 8.70. The number of nitrogens with zero attached hydrogens (tertiary/aromatic N) is 2. The lowest BCUT2D eigenvalue weighted by Gasteiger charge is -2.16. The second-order valence-electron chi connectivity index (χ2n) is 6.89. The van der Waals surface area contributed by atoms with E-state index in [-0.39, 0.29) is 12.6 Å². The largest absolute Gasteiger partial charge is 0.481 e. The van der Waals surface area contributed by atoms with Crippen molar-refractivity contribution in [2.24, 2.45) is 0 Å². The summed E-state index contributed by atoms with van der Waals surface area (Å²) in [5.41, 5.74) is 3.03. The van der Waals surface area contributed by atoms with Crippen LogP contribution < -0.4 is 10.1 Å². The van der Waals surface area contributed by atoms with E-state index in [0.29, 0.717) is 11.6 Å². The van der Waals surface area contributed by atoms with Crippen molar-refractivity contribution in [1.82, 2.24) is 9.78 Å². The van der Waals surface area contributed by atoms with Crippen LogP contribution >= 0.6 is 0 Å². The summed E-state index contributed by atoms with van der Waals surface area (Å²) in [6.07, 6.45) is 0.656. The number of carbonyl (C=O) groups excluding carboxylic acids is 2. The molecule has 1 N–H and O–H groups in total. The Morgan fingerprint density at radius 2 is 1.78 bits per heavy atom. The molecule has 0 aliphatic carbocycles. The molecule has 0 spiro atoms. The highest BCUT2D eigenvalue weighted by Crippen LogP contribution is 2.24. The number of nitrogens with one attached hydrogen (secondary N) is 1. The summed E-state index contributed by atoms with van der Waals surface area (Å²) in [5, 5.41) is 6.87. The minimum absolute atomic E-state index is 0.0996. The lowest BCUT2D eigenvalue weighted by atomic mass is 10.1. The summed E-state index contributed by atoms with van der Waals surface area (Å²) < 4.78 is 12.5. The van der Waals surface area contributed by atoms with Gasteiger partial charge in [0.05, 0.1) is 6.20 Å². The predicted molar refractivity (Wildman–Crippen MR) is 103 cm³/mol. The third-order valence-electron chi connectivity index (χ3n) is 4.03. The van der Waals surface area contributed by atoms with Gasteiger partial charge in [-0.1, -0.05) is 17.7 Å². The number of ether oxygens (including phenoxy) is 2. The maximum atomic E-state index is 12.3. The Hall–Kier alpha value is -2.83. The fourth-order valence-electron chi connectivity index (χ4n) is 2.86. The molecule has 7 heteroatoms. The van der Waals surface area contributed by atoms with E-state index >= 15 is 0 Å². The number of hydrogen-bond donors (Lipinski definition) is 1. The van der Waals surface area contributed by atoms with Crippen molar-refractivity contribution in [3.63, 3.8) is 0 Å². The number of aryl methyl sites for hydroxylation is 3. The molecule has 0 fully saturated rings. The quantitative estimate of drug-likeness (QED) is 0.753. The molecule has 0 aliphatic rings.